The second-order valence-corrected chi connectivity index (χ2v) is 13.6. The van der Waals surface area contributed by atoms with Gasteiger partial charge in [-0.05, 0) is 22.3 Å². The molecule has 1 heterocycles. The second-order valence-electron chi connectivity index (χ2n) is 10.4. The van der Waals surface area contributed by atoms with Crippen LogP contribution < -0.4 is 5.32 Å². The molecule has 6 nitrogen and oxygen atoms in total. The van der Waals surface area contributed by atoms with E-state index >= 15 is 0 Å². The van der Waals surface area contributed by atoms with E-state index in [1.54, 1.807) is 10.8 Å². The van der Waals surface area contributed by atoms with Gasteiger partial charge in [-0.2, -0.15) is 0 Å². The first-order valence-electron chi connectivity index (χ1n) is 11.8. The fraction of sp³-hybridized carbons (Fsp3) is 0.481. The minimum Gasteiger partial charge on any atom is -0.463 e. The second kappa shape index (κ2) is 10.8. The van der Waals surface area contributed by atoms with E-state index < -0.39 is 18.1 Å². The molecule has 0 saturated carbocycles. The Bertz CT molecular complexity index is 1020. The average Bonchev–Trinajstić information content (AvgIpc) is 3.12. The van der Waals surface area contributed by atoms with Crippen LogP contribution in [0.1, 0.15) is 44.7 Å². The highest BCUT2D eigenvalue weighted by Gasteiger charge is 2.36. The van der Waals surface area contributed by atoms with E-state index in [1.165, 1.54) is 21.9 Å². The number of amides is 1. The van der Waals surface area contributed by atoms with Crippen molar-refractivity contribution in [2.24, 2.45) is 5.41 Å². The van der Waals surface area contributed by atoms with Gasteiger partial charge in [-0.3, -0.25) is 0 Å². The largest absolute Gasteiger partial charge is 0.463 e. The van der Waals surface area contributed by atoms with Crippen LogP contribution in [-0.4, -0.2) is 55.0 Å². The number of fused-ring (bicyclic) bond motifs is 3. The molecule has 8 heteroatoms. The number of nitrogens with one attached hydrogen (secondary N) is 1. The van der Waals surface area contributed by atoms with Crippen molar-refractivity contribution in [2.45, 2.75) is 44.4 Å². The van der Waals surface area contributed by atoms with Gasteiger partial charge in [0.15, 0.2) is 0 Å². The van der Waals surface area contributed by atoms with Crippen molar-refractivity contribution in [3.05, 3.63) is 59.7 Å². The van der Waals surface area contributed by atoms with E-state index in [9.17, 15) is 9.59 Å². The number of rotatable bonds is 9. The van der Waals surface area contributed by atoms with Crippen LogP contribution in [-0.2, 0) is 19.0 Å². The maximum Gasteiger partial charge on any atom is 0.407 e. The van der Waals surface area contributed by atoms with E-state index in [2.05, 4.69) is 50.4 Å². The third-order valence-electron chi connectivity index (χ3n) is 5.93. The standard InChI is InChI=1S/C27H33NO5S2/c1-26(2,3)35-34-14-23(24(29)33-17-27(4)15-31-16-27)28-25(30)32-13-22-20-11-7-5-9-18(20)19-10-6-8-12-21(19)22/h5-12,22-23H,13-17H2,1-4H3,(H,28,30)/t23-/m0/s1. The van der Waals surface area contributed by atoms with Crippen LogP contribution in [0.5, 0.6) is 0 Å². The summed E-state index contributed by atoms with van der Waals surface area (Å²) in [7, 11) is 3.20. The lowest BCUT2D eigenvalue weighted by atomic mass is 9.90. The number of esters is 1. The lowest BCUT2D eigenvalue weighted by molar-refractivity contribution is -0.166. The van der Waals surface area contributed by atoms with Crippen LogP contribution in [0, 0.1) is 5.41 Å². The Kier molecular flexibility index (Phi) is 8.03. The van der Waals surface area contributed by atoms with Crippen LogP contribution in [0.3, 0.4) is 0 Å². The lowest BCUT2D eigenvalue weighted by Gasteiger charge is -2.37. The molecule has 188 valence electrons. The van der Waals surface area contributed by atoms with Crippen LogP contribution >= 0.6 is 21.6 Å². The normalized spacial score (nSPS) is 17.0. The van der Waals surface area contributed by atoms with Crippen LogP contribution in [0.15, 0.2) is 48.5 Å². The van der Waals surface area contributed by atoms with Crippen molar-refractivity contribution in [3.8, 4) is 11.1 Å². The van der Waals surface area contributed by atoms with Crippen molar-refractivity contribution >= 4 is 33.7 Å². The zero-order chi connectivity index (χ0) is 25.1. The molecular weight excluding hydrogens is 482 g/mol. The van der Waals surface area contributed by atoms with Crippen molar-refractivity contribution in [1.82, 2.24) is 5.32 Å². The van der Waals surface area contributed by atoms with E-state index in [0.717, 1.165) is 11.1 Å². The van der Waals surface area contributed by atoms with Crippen molar-refractivity contribution in [1.29, 1.82) is 0 Å². The molecule has 0 unspecified atom stereocenters. The third-order valence-corrected chi connectivity index (χ3v) is 9.28. The summed E-state index contributed by atoms with van der Waals surface area (Å²) in [5.41, 5.74) is 4.47. The number of hydrogen-bond donors (Lipinski definition) is 1. The molecule has 2 aliphatic rings. The fourth-order valence-electron chi connectivity index (χ4n) is 4.11. The zero-order valence-corrected chi connectivity index (χ0v) is 22.3. The van der Waals surface area contributed by atoms with E-state index in [0.29, 0.717) is 19.0 Å². The van der Waals surface area contributed by atoms with E-state index in [1.807, 2.05) is 31.2 Å². The maximum absolute atomic E-state index is 12.9. The van der Waals surface area contributed by atoms with Crippen molar-refractivity contribution < 1.29 is 23.8 Å². The van der Waals surface area contributed by atoms with E-state index in [-0.39, 0.29) is 29.3 Å². The van der Waals surface area contributed by atoms with Gasteiger partial charge in [0, 0.05) is 21.8 Å². The molecule has 35 heavy (non-hydrogen) atoms. The third kappa shape index (κ3) is 6.54. The highest BCUT2D eigenvalue weighted by molar-refractivity contribution is 8.77. The zero-order valence-electron chi connectivity index (χ0n) is 20.7. The molecule has 1 saturated heterocycles. The first kappa shape index (κ1) is 25.9. The monoisotopic (exact) mass is 515 g/mol. The summed E-state index contributed by atoms with van der Waals surface area (Å²) >= 11 is 0. The Hall–Kier alpha value is -2.16. The maximum atomic E-state index is 12.9. The summed E-state index contributed by atoms with van der Waals surface area (Å²) in [5, 5.41) is 2.75. The average molecular weight is 516 g/mol. The molecule has 0 radical (unpaired) electrons. The minimum atomic E-state index is -0.796. The van der Waals surface area contributed by atoms with Gasteiger partial charge in [-0.15, -0.1) is 0 Å². The van der Waals surface area contributed by atoms with Gasteiger partial charge in [0.25, 0.3) is 0 Å². The Morgan fingerprint density at radius 1 is 1.06 bits per heavy atom. The number of alkyl carbamates (subject to hydrolysis) is 1. The topological polar surface area (TPSA) is 73.9 Å². The first-order chi connectivity index (χ1) is 16.7. The molecule has 1 fully saturated rings. The smallest absolute Gasteiger partial charge is 0.407 e. The van der Waals surface area contributed by atoms with Crippen LogP contribution in [0.2, 0.25) is 0 Å². The van der Waals surface area contributed by atoms with Gasteiger partial charge in [-0.1, -0.05) is 97.8 Å². The number of benzene rings is 2. The van der Waals surface area contributed by atoms with Gasteiger partial charge in [0.1, 0.15) is 19.3 Å². The quantitative estimate of drug-likeness (QED) is 0.342. The molecule has 0 spiro atoms. The van der Waals surface area contributed by atoms with Crippen molar-refractivity contribution in [2.75, 3.05) is 32.2 Å². The summed E-state index contributed by atoms with van der Waals surface area (Å²) in [6, 6.07) is 15.6. The minimum absolute atomic E-state index is 0.0274. The number of ether oxygens (including phenoxy) is 3. The molecule has 1 amide bonds. The highest BCUT2D eigenvalue weighted by Crippen LogP contribution is 2.44. The van der Waals surface area contributed by atoms with Gasteiger partial charge in [0.2, 0.25) is 0 Å². The fourth-order valence-corrected chi connectivity index (χ4v) is 6.56. The lowest BCUT2D eigenvalue weighted by Crippen LogP contribution is -2.48. The summed E-state index contributed by atoms with van der Waals surface area (Å²) < 4.78 is 16.5. The van der Waals surface area contributed by atoms with Gasteiger partial charge in [-0.25, -0.2) is 9.59 Å². The number of hydrogen-bond acceptors (Lipinski definition) is 7. The van der Waals surface area contributed by atoms with Gasteiger partial charge >= 0.3 is 12.1 Å². The molecule has 2 aromatic carbocycles. The van der Waals surface area contributed by atoms with E-state index in [4.69, 9.17) is 14.2 Å². The summed E-state index contributed by atoms with van der Waals surface area (Å²) in [5.74, 6) is -0.102. The van der Waals surface area contributed by atoms with Gasteiger partial charge in [0.05, 0.1) is 13.2 Å². The SMILES string of the molecule is CC1(COC(=O)[C@H](CSSC(C)(C)C)NC(=O)OCC2c3ccccc3-c3ccccc32)COC1. The Labute approximate surface area is 215 Å². The molecule has 1 aliphatic carbocycles. The summed E-state index contributed by atoms with van der Waals surface area (Å²) in [6.07, 6.45) is -0.617. The van der Waals surface area contributed by atoms with Crippen LogP contribution in [0.4, 0.5) is 4.79 Å². The highest BCUT2D eigenvalue weighted by atomic mass is 33.1. The summed E-state index contributed by atoms with van der Waals surface area (Å²) in [6.45, 7) is 9.94. The van der Waals surface area contributed by atoms with Crippen LogP contribution in [0.25, 0.3) is 11.1 Å². The predicted molar refractivity (Wildman–Crippen MR) is 142 cm³/mol. The Morgan fingerprint density at radius 3 is 2.20 bits per heavy atom. The molecule has 2 aromatic rings. The Balaban J connectivity index is 1.37. The van der Waals surface area contributed by atoms with Gasteiger partial charge < -0.3 is 19.5 Å². The van der Waals surface area contributed by atoms with Crippen molar-refractivity contribution in [3.63, 3.8) is 0 Å². The first-order valence-corrected chi connectivity index (χ1v) is 14.1. The number of carbonyl (C=O) groups excluding carboxylic acids is 2. The summed E-state index contributed by atoms with van der Waals surface area (Å²) in [4.78, 5) is 25.6. The molecule has 0 aromatic heterocycles. The molecule has 1 aliphatic heterocycles. The molecule has 1 N–H and O–H groups in total. The molecule has 4 rings (SSSR count). The molecule has 0 bridgehead atoms. The number of carbonyl (C=O) groups is 2. The molecular formula is C27H33NO5S2. The predicted octanol–water partition coefficient (Wildman–Crippen LogP) is 5.65. The molecule has 1 atom stereocenters. The Morgan fingerprint density at radius 2 is 1.66 bits per heavy atom.